The van der Waals surface area contributed by atoms with Crippen LogP contribution in [0, 0.1) is 17.3 Å². The van der Waals surface area contributed by atoms with Crippen LogP contribution < -0.4 is 26.3 Å². The van der Waals surface area contributed by atoms with Crippen molar-refractivity contribution in [2.75, 3.05) is 17.7 Å². The molecule has 0 saturated heterocycles. The number of nitrogens with one attached hydrogen (secondary N) is 4. The SMILES string of the molecule is CC[C@@H](Nc1c(C#N)cnc2c(OC)cc(NC(C3=CN(C4CC4)NN3)c3ccc(F)nc3)cc12)c1ccccc1. The van der Waals surface area contributed by atoms with Crippen LogP contribution in [0.5, 0.6) is 5.75 Å². The van der Waals surface area contributed by atoms with Crippen molar-refractivity contribution < 1.29 is 9.13 Å². The summed E-state index contributed by atoms with van der Waals surface area (Å²) >= 11 is 0. The molecular formula is C31H31FN8O. The largest absolute Gasteiger partial charge is 0.494 e. The van der Waals surface area contributed by atoms with Crippen LogP contribution in [0.3, 0.4) is 0 Å². The lowest BCUT2D eigenvalue weighted by Crippen LogP contribution is -2.38. The Bertz CT molecular complexity index is 1620. The van der Waals surface area contributed by atoms with E-state index in [0.717, 1.165) is 47.2 Å². The molecule has 1 saturated carbocycles. The first-order valence-corrected chi connectivity index (χ1v) is 13.7. The lowest BCUT2D eigenvalue weighted by molar-refractivity contribution is 0.260. The minimum atomic E-state index is -0.541. The van der Waals surface area contributed by atoms with Crippen molar-refractivity contribution in [3.8, 4) is 11.8 Å². The van der Waals surface area contributed by atoms with Gasteiger partial charge in [0.1, 0.15) is 17.3 Å². The van der Waals surface area contributed by atoms with Gasteiger partial charge in [-0.2, -0.15) is 9.65 Å². The molecule has 2 atom stereocenters. The molecule has 2 aromatic carbocycles. The Kier molecular flexibility index (Phi) is 7.27. The number of benzene rings is 2. The molecular weight excluding hydrogens is 519 g/mol. The number of anilines is 2. The number of nitrogens with zero attached hydrogens (tertiary/aromatic N) is 4. The molecule has 0 bridgehead atoms. The fourth-order valence-electron chi connectivity index (χ4n) is 5.14. The second kappa shape index (κ2) is 11.3. The molecule has 0 amide bonds. The molecule has 1 unspecified atom stereocenters. The summed E-state index contributed by atoms with van der Waals surface area (Å²) in [7, 11) is 1.60. The Labute approximate surface area is 238 Å². The Morgan fingerprint density at radius 3 is 2.61 bits per heavy atom. The quantitative estimate of drug-likeness (QED) is 0.185. The highest BCUT2D eigenvalue weighted by atomic mass is 19.1. The van der Waals surface area contributed by atoms with E-state index >= 15 is 0 Å². The van der Waals surface area contributed by atoms with Crippen LogP contribution in [0.1, 0.15) is 55.0 Å². The van der Waals surface area contributed by atoms with E-state index in [4.69, 9.17) is 4.74 Å². The van der Waals surface area contributed by atoms with Crippen molar-refractivity contribution in [1.29, 1.82) is 5.26 Å². The van der Waals surface area contributed by atoms with Crippen LogP contribution >= 0.6 is 0 Å². The summed E-state index contributed by atoms with van der Waals surface area (Å²) in [4.78, 5) is 8.48. The maximum absolute atomic E-state index is 13.7. The van der Waals surface area contributed by atoms with Crippen molar-refractivity contribution in [2.45, 2.75) is 44.3 Å². The van der Waals surface area contributed by atoms with Gasteiger partial charge in [0.05, 0.1) is 36.1 Å². The number of aromatic nitrogens is 2. The number of halogens is 1. The fourth-order valence-corrected chi connectivity index (χ4v) is 5.14. The summed E-state index contributed by atoms with van der Waals surface area (Å²) in [6.07, 6.45) is 8.21. The van der Waals surface area contributed by atoms with E-state index in [2.05, 4.69) is 61.7 Å². The molecule has 2 aliphatic rings. The third kappa shape index (κ3) is 5.44. The van der Waals surface area contributed by atoms with Gasteiger partial charge in [-0.25, -0.2) is 4.98 Å². The third-order valence-electron chi connectivity index (χ3n) is 7.46. The Hall–Kier alpha value is -4.88. The molecule has 1 fully saturated rings. The maximum atomic E-state index is 13.7. The lowest BCUT2D eigenvalue weighted by atomic mass is 10.0. The molecule has 3 heterocycles. The van der Waals surface area contributed by atoms with Gasteiger partial charge in [-0.05, 0) is 42.5 Å². The lowest BCUT2D eigenvalue weighted by Gasteiger charge is -2.24. The van der Waals surface area contributed by atoms with E-state index in [1.807, 2.05) is 36.5 Å². The fraction of sp³-hybridized carbons (Fsp3) is 0.258. The van der Waals surface area contributed by atoms with E-state index in [9.17, 15) is 9.65 Å². The van der Waals surface area contributed by atoms with E-state index in [-0.39, 0.29) is 12.1 Å². The van der Waals surface area contributed by atoms with Crippen molar-refractivity contribution in [2.24, 2.45) is 0 Å². The van der Waals surface area contributed by atoms with Gasteiger partial charge < -0.3 is 20.8 Å². The number of hydrogen-bond donors (Lipinski definition) is 4. The topological polar surface area (TPSA) is 110 Å². The molecule has 41 heavy (non-hydrogen) atoms. The molecule has 6 rings (SSSR count). The summed E-state index contributed by atoms with van der Waals surface area (Å²) in [6, 6.07) is 19.4. The van der Waals surface area contributed by atoms with Gasteiger partial charge in [0.25, 0.3) is 0 Å². The Morgan fingerprint density at radius 1 is 1.10 bits per heavy atom. The van der Waals surface area contributed by atoms with Gasteiger partial charge >= 0.3 is 0 Å². The number of fused-ring (bicyclic) bond motifs is 1. The predicted molar refractivity (Wildman–Crippen MR) is 156 cm³/mol. The number of hydrazine groups is 2. The van der Waals surface area contributed by atoms with Crippen molar-refractivity contribution in [3.63, 3.8) is 0 Å². The standard InChI is InChI=1S/C31H31FN8O/c1-3-25(19-7-5-4-6-8-19)37-29-21(15-33)17-35-31-24(29)13-22(14-27(31)41-2)36-30(20-9-12-28(32)34-16-20)26-18-40(39-38-26)23-10-11-23/h4-9,12-14,16-18,23,25,30,36,38-39H,3,10-11H2,1-2H3,(H,35,37)/t25-,30?/m1/s1. The normalized spacial score (nSPS) is 16.0. The zero-order valence-corrected chi connectivity index (χ0v) is 22.9. The Morgan fingerprint density at radius 2 is 1.93 bits per heavy atom. The van der Waals surface area contributed by atoms with Crippen LogP contribution in [0.15, 0.2) is 78.9 Å². The first kappa shape index (κ1) is 26.3. The van der Waals surface area contributed by atoms with Gasteiger partial charge in [-0.3, -0.25) is 9.99 Å². The highest BCUT2D eigenvalue weighted by molar-refractivity contribution is 5.99. The summed E-state index contributed by atoms with van der Waals surface area (Å²) in [5.74, 6) is 0.0214. The number of rotatable bonds is 10. The number of methoxy groups -OCH3 is 1. The molecule has 0 radical (unpaired) electrons. The first-order valence-electron chi connectivity index (χ1n) is 13.7. The van der Waals surface area contributed by atoms with Crippen LogP contribution in [0.2, 0.25) is 0 Å². The van der Waals surface area contributed by atoms with Crippen molar-refractivity contribution in [1.82, 2.24) is 25.9 Å². The van der Waals surface area contributed by atoms with E-state index in [1.165, 1.54) is 12.3 Å². The monoisotopic (exact) mass is 550 g/mol. The van der Waals surface area contributed by atoms with Gasteiger partial charge in [-0.15, -0.1) is 5.53 Å². The van der Waals surface area contributed by atoms with Gasteiger partial charge in [0, 0.05) is 41.8 Å². The molecule has 10 heteroatoms. The summed E-state index contributed by atoms with van der Waals surface area (Å²) in [5.41, 5.74) is 11.8. The maximum Gasteiger partial charge on any atom is 0.212 e. The zero-order valence-electron chi connectivity index (χ0n) is 22.9. The van der Waals surface area contributed by atoms with Gasteiger partial charge in [0.2, 0.25) is 5.95 Å². The van der Waals surface area contributed by atoms with Crippen LogP contribution in [0.25, 0.3) is 10.9 Å². The molecule has 4 N–H and O–H groups in total. The van der Waals surface area contributed by atoms with Crippen LogP contribution in [0.4, 0.5) is 15.8 Å². The van der Waals surface area contributed by atoms with E-state index in [0.29, 0.717) is 28.6 Å². The predicted octanol–water partition coefficient (Wildman–Crippen LogP) is 5.69. The summed E-state index contributed by atoms with van der Waals surface area (Å²) < 4.78 is 19.5. The number of ether oxygens (including phenoxy) is 1. The molecule has 9 nitrogen and oxygen atoms in total. The second-order valence-electron chi connectivity index (χ2n) is 10.2. The highest BCUT2D eigenvalue weighted by Gasteiger charge is 2.32. The van der Waals surface area contributed by atoms with Crippen LogP contribution in [-0.2, 0) is 0 Å². The molecule has 0 spiro atoms. The van der Waals surface area contributed by atoms with Gasteiger partial charge in [0.15, 0.2) is 0 Å². The zero-order chi connectivity index (χ0) is 28.3. The number of pyridine rings is 2. The van der Waals surface area contributed by atoms with Crippen molar-refractivity contribution in [3.05, 3.63) is 102 Å². The number of nitriles is 1. The molecule has 4 aromatic rings. The minimum absolute atomic E-state index is 0.0122. The molecule has 1 aliphatic heterocycles. The summed E-state index contributed by atoms with van der Waals surface area (Å²) in [5, 5.41) is 20.0. The second-order valence-corrected chi connectivity index (χ2v) is 10.2. The molecule has 208 valence electrons. The summed E-state index contributed by atoms with van der Waals surface area (Å²) in [6.45, 7) is 2.11. The highest BCUT2D eigenvalue weighted by Crippen LogP contribution is 2.39. The van der Waals surface area contributed by atoms with Gasteiger partial charge in [-0.1, -0.05) is 43.3 Å². The average molecular weight is 551 g/mol. The number of hydrogen-bond acceptors (Lipinski definition) is 9. The molecule has 2 aromatic heterocycles. The minimum Gasteiger partial charge on any atom is -0.494 e. The smallest absolute Gasteiger partial charge is 0.212 e. The van der Waals surface area contributed by atoms with E-state index < -0.39 is 5.95 Å². The Balaban J connectivity index is 1.43. The van der Waals surface area contributed by atoms with E-state index in [1.54, 1.807) is 19.4 Å². The van der Waals surface area contributed by atoms with Crippen molar-refractivity contribution >= 4 is 22.3 Å². The average Bonchev–Trinajstić information content (AvgIpc) is 3.75. The third-order valence-corrected chi connectivity index (χ3v) is 7.46. The first-order chi connectivity index (χ1) is 20.1. The van der Waals surface area contributed by atoms with Crippen LogP contribution in [-0.4, -0.2) is 28.1 Å². The molecule has 1 aliphatic carbocycles.